The minimum Gasteiger partial charge on any atom is -0.327 e. The van der Waals surface area contributed by atoms with E-state index in [4.69, 9.17) is 0 Å². The van der Waals surface area contributed by atoms with Crippen LogP contribution in [-0.4, -0.2) is 44.5 Å². The van der Waals surface area contributed by atoms with Gasteiger partial charge in [0, 0.05) is 37.0 Å². The molecule has 1 fully saturated rings. The fourth-order valence-corrected chi connectivity index (χ4v) is 3.33. The van der Waals surface area contributed by atoms with E-state index < -0.39 is 0 Å². The first-order valence-corrected chi connectivity index (χ1v) is 8.62. The van der Waals surface area contributed by atoms with Gasteiger partial charge in [0.1, 0.15) is 9.87 Å². The van der Waals surface area contributed by atoms with Gasteiger partial charge in [0.2, 0.25) is 5.95 Å². The molecule has 1 unspecified atom stereocenters. The standard InChI is InChI=1S/C17H14FIN4O/c18-14-5-2-13(3-6-14)4-7-16(24)22-10-11-23(15(19)12-22)17-20-8-1-9-21-17/h1-3,5-6,8-9,15H,10-12H2. The molecule has 0 bridgehead atoms. The summed E-state index contributed by atoms with van der Waals surface area (Å²) in [5, 5.41) is 0. The van der Waals surface area contributed by atoms with Gasteiger partial charge >= 0.3 is 0 Å². The number of nitrogens with zero attached hydrogens (tertiary/aromatic N) is 4. The summed E-state index contributed by atoms with van der Waals surface area (Å²) in [6, 6.07) is 7.54. The molecule has 2 aromatic rings. The van der Waals surface area contributed by atoms with Crippen molar-refractivity contribution in [2.24, 2.45) is 0 Å². The molecular weight excluding hydrogens is 422 g/mol. The molecule has 1 aromatic carbocycles. The number of carbonyl (C=O) groups excluding carboxylic acids is 1. The first-order valence-electron chi connectivity index (χ1n) is 7.38. The summed E-state index contributed by atoms with van der Waals surface area (Å²) in [5.41, 5.74) is 0.618. The number of rotatable bonds is 1. The molecule has 3 rings (SSSR count). The van der Waals surface area contributed by atoms with Crippen molar-refractivity contribution in [2.45, 2.75) is 4.05 Å². The Hall–Kier alpha value is -2.21. The Morgan fingerprint density at radius 2 is 1.92 bits per heavy atom. The third-order valence-electron chi connectivity index (χ3n) is 3.57. The van der Waals surface area contributed by atoms with Crippen LogP contribution in [0.4, 0.5) is 10.3 Å². The van der Waals surface area contributed by atoms with E-state index in [-0.39, 0.29) is 15.8 Å². The summed E-state index contributed by atoms with van der Waals surface area (Å²) < 4.78 is 12.9. The van der Waals surface area contributed by atoms with Crippen LogP contribution < -0.4 is 4.90 Å². The first-order chi connectivity index (χ1) is 11.6. The summed E-state index contributed by atoms with van der Waals surface area (Å²) >= 11 is 2.28. The van der Waals surface area contributed by atoms with Crippen LogP contribution in [-0.2, 0) is 4.79 Å². The van der Waals surface area contributed by atoms with E-state index in [1.54, 1.807) is 35.5 Å². The number of anilines is 1. The molecule has 0 radical (unpaired) electrons. The largest absolute Gasteiger partial charge is 0.327 e. The van der Waals surface area contributed by atoms with Crippen molar-refractivity contribution in [2.75, 3.05) is 24.5 Å². The maximum Gasteiger partial charge on any atom is 0.298 e. The number of halogens is 2. The zero-order chi connectivity index (χ0) is 16.9. The van der Waals surface area contributed by atoms with Gasteiger partial charge in [-0.2, -0.15) is 0 Å². The topological polar surface area (TPSA) is 49.3 Å². The van der Waals surface area contributed by atoms with Crippen molar-refractivity contribution in [3.05, 3.63) is 54.1 Å². The maximum atomic E-state index is 12.9. The molecule has 1 aliphatic heterocycles. The zero-order valence-corrected chi connectivity index (χ0v) is 14.9. The van der Waals surface area contributed by atoms with Gasteiger partial charge in [-0.3, -0.25) is 4.79 Å². The SMILES string of the molecule is O=C(C#Cc1ccc(F)cc1)N1CCN(c2ncccn2)C(I)C1. The summed E-state index contributed by atoms with van der Waals surface area (Å²) in [4.78, 5) is 24.5. The Labute approximate surface area is 153 Å². The van der Waals surface area contributed by atoms with Crippen LogP contribution >= 0.6 is 22.6 Å². The van der Waals surface area contributed by atoms with Gasteiger partial charge in [-0.25, -0.2) is 14.4 Å². The third-order valence-corrected chi connectivity index (χ3v) is 4.64. The molecule has 122 valence electrons. The van der Waals surface area contributed by atoms with Gasteiger partial charge in [0.15, 0.2) is 0 Å². The number of alkyl halides is 1. The van der Waals surface area contributed by atoms with Gasteiger partial charge in [-0.05, 0) is 30.3 Å². The lowest BCUT2D eigenvalue weighted by atomic mass is 10.2. The predicted octanol–water partition coefficient (Wildman–Crippen LogP) is 2.08. The number of hydrogen-bond acceptors (Lipinski definition) is 4. The Kier molecular flexibility index (Phi) is 5.25. The lowest BCUT2D eigenvalue weighted by molar-refractivity contribution is -0.125. The molecule has 1 atom stereocenters. The fraction of sp³-hybridized carbons (Fsp3) is 0.235. The predicted molar refractivity (Wildman–Crippen MR) is 97.0 cm³/mol. The number of benzene rings is 1. The van der Waals surface area contributed by atoms with Crippen LogP contribution in [0.3, 0.4) is 0 Å². The third kappa shape index (κ3) is 4.00. The quantitative estimate of drug-likeness (QED) is 0.298. The second-order valence-corrected chi connectivity index (χ2v) is 6.62. The minimum absolute atomic E-state index is 0.0790. The van der Waals surface area contributed by atoms with Gasteiger partial charge < -0.3 is 9.80 Å². The second kappa shape index (κ2) is 7.57. The van der Waals surface area contributed by atoms with Gasteiger partial charge in [-0.1, -0.05) is 28.5 Å². The Morgan fingerprint density at radius 3 is 2.58 bits per heavy atom. The monoisotopic (exact) mass is 436 g/mol. The van der Waals surface area contributed by atoms with E-state index in [1.165, 1.54) is 12.1 Å². The Balaban J connectivity index is 1.63. The normalized spacial score (nSPS) is 17.2. The molecule has 5 nitrogen and oxygen atoms in total. The van der Waals surface area contributed by atoms with E-state index >= 15 is 0 Å². The van der Waals surface area contributed by atoms with Gasteiger partial charge in [-0.15, -0.1) is 0 Å². The van der Waals surface area contributed by atoms with Crippen LogP contribution in [0.5, 0.6) is 0 Å². The highest BCUT2D eigenvalue weighted by Gasteiger charge is 2.28. The molecule has 7 heteroatoms. The van der Waals surface area contributed by atoms with Crippen molar-refractivity contribution in [1.29, 1.82) is 0 Å². The zero-order valence-electron chi connectivity index (χ0n) is 12.7. The summed E-state index contributed by atoms with van der Waals surface area (Å²) in [7, 11) is 0. The Morgan fingerprint density at radius 1 is 1.21 bits per heavy atom. The molecule has 0 N–H and O–H groups in total. The van der Waals surface area contributed by atoms with E-state index in [0.717, 1.165) is 0 Å². The Bertz CT molecular complexity index is 773. The highest BCUT2D eigenvalue weighted by Crippen LogP contribution is 2.20. The van der Waals surface area contributed by atoms with E-state index in [0.29, 0.717) is 31.1 Å². The first kappa shape index (κ1) is 16.6. The summed E-state index contributed by atoms with van der Waals surface area (Å²) in [5.74, 6) is 5.52. The van der Waals surface area contributed by atoms with E-state index in [1.807, 2.05) is 0 Å². The van der Waals surface area contributed by atoms with Crippen molar-refractivity contribution < 1.29 is 9.18 Å². The van der Waals surface area contributed by atoms with Gasteiger partial charge in [0.05, 0.1) is 6.54 Å². The average molecular weight is 436 g/mol. The molecule has 1 aromatic heterocycles. The maximum absolute atomic E-state index is 12.9. The van der Waals surface area contributed by atoms with Crippen LogP contribution in [0.2, 0.25) is 0 Å². The average Bonchev–Trinajstić information content (AvgIpc) is 2.61. The molecule has 1 amide bonds. The molecular formula is C17H14FIN4O. The van der Waals surface area contributed by atoms with Crippen LogP contribution in [0.1, 0.15) is 5.56 Å². The molecule has 24 heavy (non-hydrogen) atoms. The van der Waals surface area contributed by atoms with Crippen LogP contribution in [0.15, 0.2) is 42.7 Å². The second-order valence-electron chi connectivity index (χ2n) is 5.18. The smallest absolute Gasteiger partial charge is 0.298 e. The number of aromatic nitrogens is 2. The van der Waals surface area contributed by atoms with Crippen LogP contribution in [0, 0.1) is 17.7 Å². The molecule has 0 saturated carbocycles. The lowest BCUT2D eigenvalue weighted by Gasteiger charge is -2.37. The lowest BCUT2D eigenvalue weighted by Crippen LogP contribution is -2.52. The highest BCUT2D eigenvalue weighted by molar-refractivity contribution is 14.1. The van der Waals surface area contributed by atoms with Crippen molar-refractivity contribution in [1.82, 2.24) is 14.9 Å². The number of amides is 1. The highest BCUT2D eigenvalue weighted by atomic mass is 127. The minimum atomic E-state index is -0.320. The number of carbonyl (C=O) groups is 1. The molecule has 0 spiro atoms. The fourth-order valence-electron chi connectivity index (χ4n) is 2.33. The van der Waals surface area contributed by atoms with Gasteiger partial charge in [0.25, 0.3) is 5.91 Å². The number of hydrogen-bond donors (Lipinski definition) is 0. The summed E-state index contributed by atoms with van der Waals surface area (Å²) in [6.07, 6.45) is 3.41. The molecule has 0 aliphatic carbocycles. The van der Waals surface area contributed by atoms with Crippen molar-refractivity contribution >= 4 is 34.4 Å². The molecule has 2 heterocycles. The van der Waals surface area contributed by atoms with Crippen LogP contribution in [0.25, 0.3) is 0 Å². The summed E-state index contributed by atoms with van der Waals surface area (Å²) in [6.45, 7) is 1.77. The van der Waals surface area contributed by atoms with E-state index in [2.05, 4.69) is 49.3 Å². The van der Waals surface area contributed by atoms with Crippen molar-refractivity contribution in [3.63, 3.8) is 0 Å². The van der Waals surface area contributed by atoms with E-state index in [9.17, 15) is 9.18 Å². The van der Waals surface area contributed by atoms with Crippen molar-refractivity contribution in [3.8, 4) is 11.8 Å². The molecule has 1 aliphatic rings. The number of piperazine rings is 1. The molecule has 1 saturated heterocycles.